The Morgan fingerprint density at radius 3 is 2.78 bits per heavy atom. The predicted octanol–water partition coefficient (Wildman–Crippen LogP) is 2.84. The normalized spacial score (nSPS) is 10.8. The molecule has 9 nitrogen and oxygen atoms in total. The number of benzene rings is 2. The number of aromatic nitrogens is 4. The third-order valence-corrected chi connectivity index (χ3v) is 5.43. The van der Waals surface area contributed by atoms with E-state index in [1.165, 1.54) is 54.9 Å². The van der Waals surface area contributed by atoms with E-state index in [9.17, 15) is 14.0 Å². The van der Waals surface area contributed by atoms with Gasteiger partial charge in [-0.15, -0.1) is 5.10 Å². The molecule has 0 saturated carbocycles. The minimum absolute atomic E-state index is 0.265. The predicted molar refractivity (Wildman–Crippen MR) is 116 cm³/mol. The van der Waals surface area contributed by atoms with Crippen LogP contribution >= 0.6 is 11.8 Å². The Hall–Kier alpha value is -3.86. The van der Waals surface area contributed by atoms with Crippen LogP contribution in [0.5, 0.6) is 11.5 Å². The van der Waals surface area contributed by atoms with E-state index in [1.54, 1.807) is 30.3 Å². The molecule has 0 fully saturated rings. The fourth-order valence-electron chi connectivity index (χ4n) is 2.97. The first-order chi connectivity index (χ1) is 15.5. The van der Waals surface area contributed by atoms with Crippen molar-refractivity contribution in [3.63, 3.8) is 0 Å². The number of carbonyl (C=O) groups excluding carboxylic acids is 1. The van der Waals surface area contributed by atoms with Crippen LogP contribution in [0.15, 0.2) is 69.6 Å². The van der Waals surface area contributed by atoms with Gasteiger partial charge in [-0.2, -0.15) is 0 Å². The summed E-state index contributed by atoms with van der Waals surface area (Å²) >= 11 is 1.17. The van der Waals surface area contributed by atoms with Gasteiger partial charge in [0.1, 0.15) is 28.9 Å². The van der Waals surface area contributed by atoms with Gasteiger partial charge in [0.25, 0.3) is 0 Å². The van der Waals surface area contributed by atoms with E-state index >= 15 is 0 Å². The van der Waals surface area contributed by atoms with Gasteiger partial charge in [-0.1, -0.05) is 17.8 Å². The maximum Gasteiger partial charge on any atom is 0.350 e. The molecule has 0 spiro atoms. The second-order valence-corrected chi connectivity index (χ2v) is 7.60. The molecule has 1 amide bonds. The maximum absolute atomic E-state index is 13.5. The lowest BCUT2D eigenvalue weighted by atomic mass is 10.2. The molecule has 0 radical (unpaired) electrons. The Kier molecular flexibility index (Phi) is 6.08. The molecule has 2 aromatic heterocycles. The number of ether oxygens (including phenoxy) is 2. The van der Waals surface area contributed by atoms with E-state index in [2.05, 4.69) is 15.4 Å². The van der Waals surface area contributed by atoms with Crippen LogP contribution in [0.1, 0.15) is 0 Å². The van der Waals surface area contributed by atoms with E-state index in [4.69, 9.17) is 9.47 Å². The summed E-state index contributed by atoms with van der Waals surface area (Å²) in [6.07, 6.45) is 2.91. The molecular weight excluding hydrogens is 437 g/mol. The first-order valence-electron chi connectivity index (χ1n) is 9.38. The topological polar surface area (TPSA) is 99.7 Å². The Balaban J connectivity index is 1.58. The van der Waals surface area contributed by atoms with Crippen LogP contribution in [0.2, 0.25) is 0 Å². The largest absolute Gasteiger partial charge is 0.497 e. The van der Waals surface area contributed by atoms with Crippen molar-refractivity contribution in [1.82, 2.24) is 19.2 Å². The average Bonchev–Trinajstić information content (AvgIpc) is 3.10. The summed E-state index contributed by atoms with van der Waals surface area (Å²) in [6, 6.07) is 11.0. The first-order valence-corrected chi connectivity index (χ1v) is 10.2. The van der Waals surface area contributed by atoms with Crippen molar-refractivity contribution in [2.45, 2.75) is 16.5 Å². The summed E-state index contributed by atoms with van der Waals surface area (Å²) in [5.41, 5.74) is 0.195. The van der Waals surface area contributed by atoms with Gasteiger partial charge < -0.3 is 14.8 Å². The smallest absolute Gasteiger partial charge is 0.350 e. The molecule has 2 aromatic carbocycles. The molecule has 2 heterocycles. The molecule has 4 rings (SSSR count). The lowest BCUT2D eigenvalue weighted by Gasteiger charge is -2.11. The molecule has 0 aliphatic rings. The van der Waals surface area contributed by atoms with Crippen LogP contribution < -0.4 is 20.5 Å². The molecule has 32 heavy (non-hydrogen) atoms. The summed E-state index contributed by atoms with van der Waals surface area (Å²) in [7, 11) is 3.00. The van der Waals surface area contributed by atoms with Gasteiger partial charge in [-0.05, 0) is 30.3 Å². The van der Waals surface area contributed by atoms with Crippen LogP contribution in [0.3, 0.4) is 0 Å². The van der Waals surface area contributed by atoms with Crippen molar-refractivity contribution in [2.75, 3.05) is 19.5 Å². The lowest BCUT2D eigenvalue weighted by Crippen LogP contribution is -2.28. The number of rotatable bonds is 7. The molecular formula is C21H18FN5O4S. The van der Waals surface area contributed by atoms with Gasteiger partial charge >= 0.3 is 5.69 Å². The van der Waals surface area contributed by atoms with E-state index in [0.29, 0.717) is 27.1 Å². The maximum atomic E-state index is 13.5. The molecule has 0 aliphatic carbocycles. The van der Waals surface area contributed by atoms with Crippen molar-refractivity contribution in [1.29, 1.82) is 0 Å². The van der Waals surface area contributed by atoms with Crippen molar-refractivity contribution in [3.8, 4) is 11.5 Å². The Bertz CT molecular complexity index is 1350. The molecule has 11 heteroatoms. The number of nitrogens with one attached hydrogen (secondary N) is 1. The number of hydrogen-bond donors (Lipinski definition) is 1. The van der Waals surface area contributed by atoms with E-state index in [-0.39, 0.29) is 18.0 Å². The number of anilines is 1. The number of nitrogens with zero attached hydrogens (tertiary/aromatic N) is 4. The number of hydrogen-bond acceptors (Lipinski definition) is 7. The minimum atomic E-state index is -0.500. The molecule has 0 bridgehead atoms. The number of methoxy groups -OCH3 is 2. The van der Waals surface area contributed by atoms with Crippen molar-refractivity contribution >= 4 is 29.0 Å². The zero-order valence-electron chi connectivity index (χ0n) is 17.1. The van der Waals surface area contributed by atoms with Gasteiger partial charge in [0.15, 0.2) is 5.65 Å². The quantitative estimate of drug-likeness (QED) is 0.457. The van der Waals surface area contributed by atoms with Crippen LogP contribution in [-0.2, 0) is 11.3 Å². The number of amides is 1. The minimum Gasteiger partial charge on any atom is -0.497 e. The van der Waals surface area contributed by atoms with Crippen LogP contribution in [0, 0.1) is 5.82 Å². The first kappa shape index (κ1) is 21.4. The fourth-order valence-corrected chi connectivity index (χ4v) is 3.86. The van der Waals surface area contributed by atoms with Gasteiger partial charge in [0.05, 0.1) is 19.9 Å². The zero-order chi connectivity index (χ0) is 22.7. The number of carbonyl (C=O) groups is 1. The van der Waals surface area contributed by atoms with Crippen LogP contribution in [0.25, 0.3) is 5.65 Å². The van der Waals surface area contributed by atoms with Crippen LogP contribution in [-0.4, -0.2) is 39.3 Å². The third kappa shape index (κ3) is 4.42. The van der Waals surface area contributed by atoms with E-state index in [0.717, 1.165) is 4.68 Å². The summed E-state index contributed by atoms with van der Waals surface area (Å²) in [5.74, 6) is 0.145. The second-order valence-electron chi connectivity index (χ2n) is 6.54. The van der Waals surface area contributed by atoms with Gasteiger partial charge in [-0.3, -0.25) is 4.79 Å². The third-order valence-electron chi connectivity index (χ3n) is 4.46. The molecule has 164 valence electrons. The van der Waals surface area contributed by atoms with Gasteiger partial charge in [0, 0.05) is 23.4 Å². The van der Waals surface area contributed by atoms with Gasteiger partial charge in [-0.25, -0.2) is 23.3 Å². The summed E-state index contributed by atoms with van der Waals surface area (Å²) in [6.45, 7) is -0.320. The highest BCUT2D eigenvalue weighted by atomic mass is 32.2. The molecule has 0 saturated heterocycles. The highest BCUT2D eigenvalue weighted by Gasteiger charge is 2.16. The SMILES string of the molecule is COc1ccc(NC(=O)Cn2nc3c(Sc4cccc(F)c4)nccn3c2=O)c(OC)c1. The molecule has 1 N–H and O–H groups in total. The fraction of sp³-hybridized carbons (Fsp3) is 0.143. The Morgan fingerprint density at radius 1 is 1.19 bits per heavy atom. The van der Waals surface area contributed by atoms with E-state index in [1.807, 2.05) is 0 Å². The standard InChI is InChI=1S/C21H18FN5O4S/c1-30-14-6-7-16(17(11-14)31-2)24-18(28)12-27-21(29)26-9-8-23-20(19(26)25-27)32-15-5-3-4-13(22)10-15/h3-11H,12H2,1-2H3,(H,24,28). The van der Waals surface area contributed by atoms with Gasteiger partial charge in [0.2, 0.25) is 5.91 Å². The summed E-state index contributed by atoms with van der Waals surface area (Å²) in [4.78, 5) is 30.2. The molecule has 4 aromatic rings. The number of fused-ring (bicyclic) bond motifs is 1. The number of halogens is 1. The molecule has 0 atom stereocenters. The average molecular weight is 455 g/mol. The second kappa shape index (κ2) is 9.10. The summed E-state index contributed by atoms with van der Waals surface area (Å²) < 4.78 is 26.2. The van der Waals surface area contributed by atoms with E-state index < -0.39 is 11.6 Å². The molecule has 0 aliphatic heterocycles. The monoisotopic (exact) mass is 455 g/mol. The Labute approximate surface area is 185 Å². The molecule has 0 unspecified atom stereocenters. The Morgan fingerprint density at radius 2 is 2.03 bits per heavy atom. The highest BCUT2D eigenvalue weighted by molar-refractivity contribution is 7.99. The van der Waals surface area contributed by atoms with Crippen LogP contribution in [0.4, 0.5) is 10.1 Å². The van der Waals surface area contributed by atoms with Crippen molar-refractivity contribution in [3.05, 3.63) is 71.2 Å². The highest BCUT2D eigenvalue weighted by Crippen LogP contribution is 2.29. The zero-order valence-corrected chi connectivity index (χ0v) is 17.9. The summed E-state index contributed by atoms with van der Waals surface area (Å²) in [5, 5.41) is 7.37. The van der Waals surface area contributed by atoms with Crippen molar-refractivity contribution < 1.29 is 18.7 Å². The lowest BCUT2D eigenvalue weighted by molar-refractivity contribution is -0.117. The van der Waals surface area contributed by atoms with Crippen molar-refractivity contribution in [2.24, 2.45) is 0 Å².